The van der Waals surface area contributed by atoms with Gasteiger partial charge in [0.15, 0.2) is 0 Å². The Morgan fingerprint density at radius 1 is 1.19 bits per heavy atom. The van der Waals surface area contributed by atoms with Crippen LogP contribution in [0.1, 0.15) is 72.3 Å². The molecule has 2 rings (SSSR count). The van der Waals surface area contributed by atoms with E-state index < -0.39 is 5.97 Å². The number of thiophene rings is 1. The van der Waals surface area contributed by atoms with Crippen LogP contribution in [0.2, 0.25) is 0 Å². The van der Waals surface area contributed by atoms with Crippen molar-refractivity contribution in [3.05, 3.63) is 34.5 Å². The molecule has 0 saturated heterocycles. The lowest BCUT2D eigenvalue weighted by atomic mass is 9.86. The van der Waals surface area contributed by atoms with Crippen LogP contribution >= 0.6 is 22.9 Å². The lowest BCUT2D eigenvalue weighted by Crippen LogP contribution is -2.21. The molecule has 1 fully saturated rings. The lowest BCUT2D eigenvalue weighted by Gasteiger charge is -2.23. The fraction of sp³-hybridized carbons (Fsp3) is 0.667. The second-order valence-corrected chi connectivity index (χ2v) is 9.12. The number of aryl methyl sites for hydroxylation is 1. The lowest BCUT2D eigenvalue weighted by molar-refractivity contribution is 0.0702. The molecular weight excluding hydrogens is 368 g/mol. The maximum absolute atomic E-state index is 11.0. The van der Waals surface area contributed by atoms with Crippen molar-refractivity contribution in [1.82, 2.24) is 0 Å². The predicted molar refractivity (Wildman–Crippen MR) is 109 cm³/mol. The van der Waals surface area contributed by atoms with Gasteiger partial charge < -0.3 is 10.2 Å². The van der Waals surface area contributed by atoms with Crippen molar-refractivity contribution < 1.29 is 15.0 Å². The number of hydrogen-bond donors (Lipinski definition) is 2. The van der Waals surface area contributed by atoms with Crippen LogP contribution in [-0.2, 0) is 6.42 Å². The first-order chi connectivity index (χ1) is 12.5. The second kappa shape index (κ2) is 11.1. The zero-order valence-electron chi connectivity index (χ0n) is 15.4. The third-order valence-corrected chi connectivity index (χ3v) is 7.14. The Kier molecular flexibility index (Phi) is 9.17. The number of alkyl halides is 1. The Labute approximate surface area is 166 Å². The summed E-state index contributed by atoms with van der Waals surface area (Å²) in [5, 5.41) is 19.5. The van der Waals surface area contributed by atoms with Crippen LogP contribution in [-0.4, -0.2) is 27.7 Å². The summed E-state index contributed by atoms with van der Waals surface area (Å²) in [6.07, 6.45) is 12.3. The van der Waals surface area contributed by atoms with Gasteiger partial charge in [0.05, 0.1) is 6.10 Å². The number of rotatable bonds is 12. The predicted octanol–water partition coefficient (Wildman–Crippen LogP) is 5.90. The molecule has 1 aromatic rings. The summed E-state index contributed by atoms with van der Waals surface area (Å²) in [6.45, 7) is 3.75. The number of carboxylic acid groups (broad SMARTS) is 1. The van der Waals surface area contributed by atoms with Gasteiger partial charge in [0.1, 0.15) is 4.88 Å². The standard InChI is InChI=1S/C21H31ClO3S/c1-2-3-4-5-6-7-10-17-16(18(22)14-19(17)23)11-8-9-15-12-13-20(26-15)21(24)25/h2,12-13,16-19,23H,1,3-11,14H2,(H,24,25)/t16-,17?,18?,19-/m1/s1. The maximum atomic E-state index is 11.0. The van der Waals surface area contributed by atoms with Gasteiger partial charge in [-0.25, -0.2) is 4.79 Å². The highest BCUT2D eigenvalue weighted by Gasteiger charge is 2.40. The first-order valence-corrected chi connectivity index (χ1v) is 11.0. The molecule has 0 aromatic carbocycles. The maximum Gasteiger partial charge on any atom is 0.345 e. The zero-order chi connectivity index (χ0) is 18.9. The van der Waals surface area contributed by atoms with Gasteiger partial charge in [-0.2, -0.15) is 0 Å². The molecule has 0 spiro atoms. The fourth-order valence-corrected chi connectivity index (χ4v) is 5.48. The van der Waals surface area contributed by atoms with Gasteiger partial charge in [0.2, 0.25) is 0 Å². The van der Waals surface area contributed by atoms with E-state index >= 15 is 0 Å². The van der Waals surface area contributed by atoms with Crippen molar-refractivity contribution in [2.45, 2.75) is 75.7 Å². The Bertz CT molecular complexity index is 571. The van der Waals surface area contributed by atoms with Gasteiger partial charge in [-0.15, -0.1) is 29.5 Å². The molecule has 0 amide bonds. The van der Waals surface area contributed by atoms with Crippen molar-refractivity contribution in [2.75, 3.05) is 0 Å². The molecule has 2 unspecified atom stereocenters. The van der Waals surface area contributed by atoms with Crippen LogP contribution in [0, 0.1) is 11.8 Å². The molecule has 26 heavy (non-hydrogen) atoms. The Hall–Kier alpha value is -0.840. The van der Waals surface area contributed by atoms with Crippen LogP contribution in [0.5, 0.6) is 0 Å². The summed E-state index contributed by atoms with van der Waals surface area (Å²) in [6, 6.07) is 3.59. The summed E-state index contributed by atoms with van der Waals surface area (Å²) in [7, 11) is 0. The molecule has 3 nitrogen and oxygen atoms in total. The number of carboxylic acids is 1. The summed E-state index contributed by atoms with van der Waals surface area (Å²) in [5.74, 6) is -0.164. The number of halogens is 1. The molecule has 0 bridgehead atoms. The monoisotopic (exact) mass is 398 g/mol. The van der Waals surface area contributed by atoms with E-state index in [9.17, 15) is 9.90 Å². The molecule has 146 valence electrons. The van der Waals surface area contributed by atoms with Crippen molar-refractivity contribution in [1.29, 1.82) is 0 Å². The SMILES string of the molecule is C=CCCCCCCC1[C@@H](CCCc2ccc(C(=O)O)s2)C(Cl)C[C@H]1O. The van der Waals surface area contributed by atoms with Crippen molar-refractivity contribution >= 4 is 28.9 Å². The van der Waals surface area contributed by atoms with Gasteiger partial charge >= 0.3 is 5.97 Å². The Balaban J connectivity index is 1.75. The molecular formula is C21H31ClO3S. The highest BCUT2D eigenvalue weighted by atomic mass is 35.5. The van der Waals surface area contributed by atoms with E-state index in [4.69, 9.17) is 16.7 Å². The number of aliphatic hydroxyl groups is 1. The highest BCUT2D eigenvalue weighted by Crippen LogP contribution is 2.42. The number of aliphatic hydroxyl groups excluding tert-OH is 1. The van der Waals surface area contributed by atoms with E-state index in [1.54, 1.807) is 6.07 Å². The number of allylic oxidation sites excluding steroid dienone is 1. The topological polar surface area (TPSA) is 57.5 Å². The van der Waals surface area contributed by atoms with E-state index in [2.05, 4.69) is 6.58 Å². The van der Waals surface area contributed by atoms with E-state index in [1.165, 1.54) is 30.6 Å². The first-order valence-electron chi connectivity index (χ1n) is 9.78. The van der Waals surface area contributed by atoms with Gasteiger partial charge in [-0.3, -0.25) is 0 Å². The molecule has 1 saturated carbocycles. The van der Waals surface area contributed by atoms with Gasteiger partial charge in [0, 0.05) is 10.3 Å². The summed E-state index contributed by atoms with van der Waals surface area (Å²) >= 11 is 7.89. The second-order valence-electron chi connectivity index (χ2n) is 7.39. The van der Waals surface area contributed by atoms with Crippen molar-refractivity contribution in [3.8, 4) is 0 Å². The minimum Gasteiger partial charge on any atom is -0.477 e. The third kappa shape index (κ3) is 6.40. The average Bonchev–Trinajstić information content (AvgIpc) is 3.17. The van der Waals surface area contributed by atoms with Crippen molar-refractivity contribution in [2.24, 2.45) is 11.8 Å². The summed E-state index contributed by atoms with van der Waals surface area (Å²) in [5.41, 5.74) is 0. The van der Waals surface area contributed by atoms with Crippen LogP contribution in [0.25, 0.3) is 0 Å². The Morgan fingerprint density at radius 3 is 2.62 bits per heavy atom. The average molecular weight is 399 g/mol. The quantitative estimate of drug-likeness (QED) is 0.262. The number of hydrogen-bond acceptors (Lipinski definition) is 3. The smallest absolute Gasteiger partial charge is 0.345 e. The molecule has 1 aliphatic carbocycles. The number of unbranched alkanes of at least 4 members (excludes halogenated alkanes) is 4. The highest BCUT2D eigenvalue weighted by molar-refractivity contribution is 7.13. The van der Waals surface area contributed by atoms with E-state index in [0.717, 1.165) is 43.4 Å². The summed E-state index contributed by atoms with van der Waals surface area (Å²) in [4.78, 5) is 12.5. The van der Waals surface area contributed by atoms with Gasteiger partial charge in [-0.1, -0.05) is 25.3 Å². The van der Waals surface area contributed by atoms with Gasteiger partial charge in [-0.05, 0) is 68.9 Å². The molecule has 5 heteroatoms. The Morgan fingerprint density at radius 2 is 1.92 bits per heavy atom. The molecule has 0 aliphatic heterocycles. The molecule has 0 radical (unpaired) electrons. The van der Waals surface area contributed by atoms with Crippen LogP contribution < -0.4 is 0 Å². The minimum absolute atomic E-state index is 0.0636. The zero-order valence-corrected chi connectivity index (χ0v) is 17.0. The third-order valence-electron chi connectivity index (χ3n) is 5.50. The molecule has 2 N–H and O–H groups in total. The van der Waals surface area contributed by atoms with E-state index in [0.29, 0.717) is 23.1 Å². The van der Waals surface area contributed by atoms with Crippen LogP contribution in [0.15, 0.2) is 24.8 Å². The van der Waals surface area contributed by atoms with E-state index in [-0.39, 0.29) is 11.5 Å². The summed E-state index contributed by atoms with van der Waals surface area (Å²) < 4.78 is 0. The first kappa shape index (κ1) is 21.5. The number of aromatic carboxylic acids is 1. The van der Waals surface area contributed by atoms with Crippen LogP contribution in [0.3, 0.4) is 0 Å². The van der Waals surface area contributed by atoms with Crippen LogP contribution in [0.4, 0.5) is 0 Å². The van der Waals surface area contributed by atoms with Crippen molar-refractivity contribution in [3.63, 3.8) is 0 Å². The molecule has 1 aromatic heterocycles. The van der Waals surface area contributed by atoms with Gasteiger partial charge in [0.25, 0.3) is 0 Å². The van der Waals surface area contributed by atoms with E-state index in [1.807, 2.05) is 12.1 Å². The minimum atomic E-state index is -0.853. The molecule has 1 heterocycles. The normalized spacial score (nSPS) is 25.5. The molecule has 4 atom stereocenters. The fourth-order valence-electron chi connectivity index (χ4n) is 4.10. The number of carbonyl (C=O) groups is 1. The largest absolute Gasteiger partial charge is 0.477 e. The molecule has 1 aliphatic rings.